The fourth-order valence-electron chi connectivity index (χ4n) is 2.59. The molecule has 5 heteroatoms. The summed E-state index contributed by atoms with van der Waals surface area (Å²) in [6, 6.07) is 3.61. The minimum Gasteiger partial charge on any atom is -0.469 e. The summed E-state index contributed by atoms with van der Waals surface area (Å²) in [7, 11) is 0. The highest BCUT2D eigenvalue weighted by Gasteiger charge is 2.32. The molecule has 1 atom stereocenters. The zero-order chi connectivity index (χ0) is 15.5. The Morgan fingerprint density at radius 1 is 1.48 bits per heavy atom. The highest BCUT2D eigenvalue weighted by atomic mass is 16.3. The summed E-state index contributed by atoms with van der Waals surface area (Å²) < 4.78 is 5.20. The molecule has 2 heterocycles. The maximum absolute atomic E-state index is 11.9. The van der Waals surface area contributed by atoms with Crippen LogP contribution in [0.2, 0.25) is 0 Å². The van der Waals surface area contributed by atoms with Crippen molar-refractivity contribution in [2.75, 3.05) is 13.1 Å². The van der Waals surface area contributed by atoms with E-state index in [9.17, 15) is 9.59 Å². The Labute approximate surface area is 125 Å². The predicted molar refractivity (Wildman–Crippen MR) is 79.6 cm³/mol. The number of carbonyl (C=O) groups excluding carboxylic acids is 2. The van der Waals surface area contributed by atoms with E-state index in [0.717, 1.165) is 12.3 Å². The summed E-state index contributed by atoms with van der Waals surface area (Å²) in [5, 5.41) is 2.94. The van der Waals surface area contributed by atoms with Crippen LogP contribution in [0.3, 0.4) is 0 Å². The van der Waals surface area contributed by atoms with Gasteiger partial charge in [0.15, 0.2) is 0 Å². The molecule has 21 heavy (non-hydrogen) atoms. The van der Waals surface area contributed by atoms with Crippen molar-refractivity contribution in [3.8, 4) is 0 Å². The Morgan fingerprint density at radius 2 is 2.24 bits per heavy atom. The molecule has 0 saturated carbocycles. The van der Waals surface area contributed by atoms with E-state index < -0.39 is 0 Å². The fourth-order valence-corrected chi connectivity index (χ4v) is 2.59. The maximum atomic E-state index is 11.9. The van der Waals surface area contributed by atoms with Crippen LogP contribution in [-0.4, -0.2) is 35.8 Å². The molecule has 0 aliphatic carbocycles. The zero-order valence-corrected chi connectivity index (χ0v) is 13.0. The van der Waals surface area contributed by atoms with Gasteiger partial charge in [0.05, 0.1) is 12.3 Å². The topological polar surface area (TPSA) is 62.6 Å². The van der Waals surface area contributed by atoms with Gasteiger partial charge in [0, 0.05) is 32.4 Å². The van der Waals surface area contributed by atoms with E-state index >= 15 is 0 Å². The maximum Gasteiger partial charge on any atom is 0.224 e. The van der Waals surface area contributed by atoms with E-state index in [2.05, 4.69) is 26.1 Å². The lowest BCUT2D eigenvalue weighted by atomic mass is 9.96. The number of carbonyl (C=O) groups is 2. The quantitative estimate of drug-likeness (QED) is 0.902. The third-order valence-electron chi connectivity index (χ3n) is 3.42. The standard InChI is InChI=1S/C16H24N2O3/c1-16(2,3)11-18-10-12(9-15(18)20)17-14(19)7-6-13-5-4-8-21-13/h4-5,8,12H,6-7,9-11H2,1-3H3,(H,17,19). The van der Waals surface area contributed by atoms with E-state index in [-0.39, 0.29) is 23.3 Å². The smallest absolute Gasteiger partial charge is 0.224 e. The van der Waals surface area contributed by atoms with Crippen LogP contribution < -0.4 is 5.32 Å². The SMILES string of the molecule is CC(C)(C)CN1CC(NC(=O)CCc2ccco2)CC1=O. The summed E-state index contributed by atoms with van der Waals surface area (Å²) in [5.41, 5.74) is 0.0772. The predicted octanol–water partition coefficient (Wildman–Crippen LogP) is 1.98. The summed E-state index contributed by atoms with van der Waals surface area (Å²) in [6.07, 6.45) is 2.98. The first-order valence-corrected chi connectivity index (χ1v) is 7.43. The summed E-state index contributed by atoms with van der Waals surface area (Å²) in [5.74, 6) is 0.907. The minimum absolute atomic E-state index is 0.0261. The number of likely N-dealkylation sites (tertiary alicyclic amines) is 1. The van der Waals surface area contributed by atoms with Crippen molar-refractivity contribution in [3.63, 3.8) is 0 Å². The van der Waals surface area contributed by atoms with E-state index in [1.807, 2.05) is 17.0 Å². The molecular weight excluding hydrogens is 268 g/mol. The van der Waals surface area contributed by atoms with Gasteiger partial charge in [0.25, 0.3) is 0 Å². The summed E-state index contributed by atoms with van der Waals surface area (Å²) in [6.45, 7) is 7.66. The van der Waals surface area contributed by atoms with Crippen LogP contribution in [0.1, 0.15) is 39.4 Å². The number of amides is 2. The second-order valence-corrected chi connectivity index (χ2v) is 6.88. The molecule has 0 radical (unpaired) electrons. The lowest BCUT2D eigenvalue weighted by molar-refractivity contribution is -0.128. The molecule has 0 spiro atoms. The molecule has 0 aromatic carbocycles. The number of hydrogen-bond acceptors (Lipinski definition) is 3. The normalized spacial score (nSPS) is 19.1. The molecule has 1 saturated heterocycles. The van der Waals surface area contributed by atoms with Crippen molar-refractivity contribution in [3.05, 3.63) is 24.2 Å². The number of nitrogens with zero attached hydrogens (tertiary/aromatic N) is 1. The third-order valence-corrected chi connectivity index (χ3v) is 3.42. The highest BCUT2D eigenvalue weighted by molar-refractivity contribution is 5.82. The Morgan fingerprint density at radius 3 is 2.86 bits per heavy atom. The van der Waals surface area contributed by atoms with Gasteiger partial charge in [0.2, 0.25) is 11.8 Å². The third kappa shape index (κ3) is 4.92. The van der Waals surface area contributed by atoms with Crippen LogP contribution in [0.4, 0.5) is 0 Å². The van der Waals surface area contributed by atoms with Crippen molar-refractivity contribution in [1.82, 2.24) is 10.2 Å². The lowest BCUT2D eigenvalue weighted by Crippen LogP contribution is -2.39. The molecule has 1 aromatic rings. The molecule has 2 rings (SSSR count). The Hall–Kier alpha value is -1.78. The Bertz CT molecular complexity index is 488. The van der Waals surface area contributed by atoms with Crippen molar-refractivity contribution in [1.29, 1.82) is 0 Å². The van der Waals surface area contributed by atoms with Crippen molar-refractivity contribution in [2.45, 2.75) is 46.1 Å². The molecule has 5 nitrogen and oxygen atoms in total. The van der Waals surface area contributed by atoms with Crippen molar-refractivity contribution >= 4 is 11.8 Å². The average molecular weight is 292 g/mol. The van der Waals surface area contributed by atoms with E-state index in [1.165, 1.54) is 0 Å². The number of rotatable bonds is 5. The van der Waals surface area contributed by atoms with Crippen LogP contribution in [0, 0.1) is 5.41 Å². The molecule has 1 N–H and O–H groups in total. The largest absolute Gasteiger partial charge is 0.469 e. The first kappa shape index (κ1) is 15.6. The molecule has 1 unspecified atom stereocenters. The Kier molecular flexibility index (Phi) is 4.70. The first-order valence-electron chi connectivity index (χ1n) is 7.43. The van der Waals surface area contributed by atoms with Crippen molar-refractivity contribution < 1.29 is 14.0 Å². The van der Waals surface area contributed by atoms with Gasteiger partial charge in [-0.2, -0.15) is 0 Å². The first-order chi connectivity index (χ1) is 9.83. The molecule has 2 amide bonds. The van der Waals surface area contributed by atoms with Crippen LogP contribution in [0.25, 0.3) is 0 Å². The van der Waals surface area contributed by atoms with Gasteiger partial charge in [0.1, 0.15) is 5.76 Å². The van der Waals surface area contributed by atoms with Gasteiger partial charge >= 0.3 is 0 Å². The highest BCUT2D eigenvalue weighted by Crippen LogP contribution is 2.20. The number of hydrogen-bond donors (Lipinski definition) is 1. The molecule has 0 bridgehead atoms. The van der Waals surface area contributed by atoms with Gasteiger partial charge < -0.3 is 14.6 Å². The number of furan rings is 1. The fraction of sp³-hybridized carbons (Fsp3) is 0.625. The lowest BCUT2D eigenvalue weighted by Gasteiger charge is -2.26. The van der Waals surface area contributed by atoms with E-state index in [1.54, 1.807) is 6.26 Å². The van der Waals surface area contributed by atoms with Crippen LogP contribution >= 0.6 is 0 Å². The minimum atomic E-state index is -0.0658. The molecular formula is C16H24N2O3. The average Bonchev–Trinajstić information content (AvgIpc) is 2.96. The van der Waals surface area contributed by atoms with Crippen molar-refractivity contribution in [2.24, 2.45) is 5.41 Å². The molecule has 1 fully saturated rings. The summed E-state index contributed by atoms with van der Waals surface area (Å²) >= 11 is 0. The van der Waals surface area contributed by atoms with E-state index in [4.69, 9.17) is 4.42 Å². The van der Waals surface area contributed by atoms with Gasteiger partial charge in [-0.05, 0) is 17.5 Å². The van der Waals surface area contributed by atoms with Crippen LogP contribution in [0.15, 0.2) is 22.8 Å². The van der Waals surface area contributed by atoms with Crippen LogP contribution in [-0.2, 0) is 16.0 Å². The molecule has 1 aliphatic rings. The van der Waals surface area contributed by atoms with Crippen LogP contribution in [0.5, 0.6) is 0 Å². The van der Waals surface area contributed by atoms with E-state index in [0.29, 0.717) is 25.8 Å². The molecule has 1 aliphatic heterocycles. The number of nitrogens with one attached hydrogen (secondary N) is 1. The van der Waals surface area contributed by atoms with Gasteiger partial charge in [-0.1, -0.05) is 20.8 Å². The number of aryl methyl sites for hydroxylation is 1. The molecule has 1 aromatic heterocycles. The summed E-state index contributed by atoms with van der Waals surface area (Å²) in [4.78, 5) is 25.7. The second-order valence-electron chi connectivity index (χ2n) is 6.88. The zero-order valence-electron chi connectivity index (χ0n) is 13.0. The van der Waals surface area contributed by atoms with Gasteiger partial charge in [-0.25, -0.2) is 0 Å². The van der Waals surface area contributed by atoms with Gasteiger partial charge in [-0.15, -0.1) is 0 Å². The molecule has 116 valence electrons. The van der Waals surface area contributed by atoms with Gasteiger partial charge in [-0.3, -0.25) is 9.59 Å². The monoisotopic (exact) mass is 292 g/mol. The Balaban J connectivity index is 1.76. The second kappa shape index (κ2) is 6.33.